The van der Waals surface area contributed by atoms with Crippen LogP contribution in [-0.2, 0) is 5.54 Å². The number of aromatic nitrogens is 2. The van der Waals surface area contributed by atoms with Crippen LogP contribution in [0.15, 0.2) is 60.9 Å². The van der Waals surface area contributed by atoms with Gasteiger partial charge in [0.2, 0.25) is 0 Å². The number of nitrogens with zero attached hydrogens (tertiary/aromatic N) is 4. The molecule has 3 aromatic rings. The van der Waals surface area contributed by atoms with E-state index in [0.29, 0.717) is 30.3 Å². The third-order valence-corrected chi connectivity index (χ3v) is 6.43. The maximum atomic E-state index is 13.4. The maximum absolute atomic E-state index is 13.4. The van der Waals surface area contributed by atoms with E-state index in [-0.39, 0.29) is 11.4 Å². The lowest BCUT2D eigenvalue weighted by Gasteiger charge is -2.47. The SMILES string of the molecule is COc1cccc(C(=O)N2CC[C@]3(C2)c2cccn2-c2ncccc2N3CC(C)C)c1. The van der Waals surface area contributed by atoms with Crippen molar-refractivity contribution in [2.45, 2.75) is 25.8 Å². The number of ether oxygens (including phenoxy) is 1. The minimum Gasteiger partial charge on any atom is -0.497 e. The van der Waals surface area contributed by atoms with Gasteiger partial charge in [0, 0.05) is 37.6 Å². The van der Waals surface area contributed by atoms with Gasteiger partial charge in [-0.1, -0.05) is 19.9 Å². The Hall–Kier alpha value is -3.28. The van der Waals surface area contributed by atoms with Gasteiger partial charge in [0.15, 0.2) is 5.82 Å². The van der Waals surface area contributed by atoms with Gasteiger partial charge in [-0.2, -0.15) is 0 Å². The fourth-order valence-electron chi connectivity index (χ4n) is 5.07. The molecular formula is C25H28N4O2. The molecule has 2 aromatic heterocycles. The fourth-order valence-corrected chi connectivity index (χ4v) is 5.07. The van der Waals surface area contributed by atoms with Crippen LogP contribution in [0.1, 0.15) is 36.3 Å². The predicted molar refractivity (Wildman–Crippen MR) is 121 cm³/mol. The Morgan fingerprint density at radius 2 is 2.06 bits per heavy atom. The van der Waals surface area contributed by atoms with E-state index in [1.54, 1.807) is 7.11 Å². The lowest BCUT2D eigenvalue weighted by molar-refractivity contribution is 0.0781. The number of carbonyl (C=O) groups excluding carboxylic acids is 1. The molecule has 160 valence electrons. The number of amides is 1. The topological polar surface area (TPSA) is 50.6 Å². The van der Waals surface area contributed by atoms with Crippen molar-refractivity contribution in [1.29, 1.82) is 0 Å². The lowest BCUT2D eigenvalue weighted by Crippen LogP contribution is -2.54. The van der Waals surface area contributed by atoms with Gasteiger partial charge in [-0.25, -0.2) is 4.98 Å². The maximum Gasteiger partial charge on any atom is 0.254 e. The fraction of sp³-hybridized carbons (Fsp3) is 0.360. The number of anilines is 1. The molecule has 31 heavy (non-hydrogen) atoms. The molecule has 0 N–H and O–H groups in total. The van der Waals surface area contributed by atoms with Gasteiger partial charge >= 0.3 is 0 Å². The highest BCUT2D eigenvalue weighted by Gasteiger charge is 2.50. The number of hydrogen-bond acceptors (Lipinski definition) is 4. The summed E-state index contributed by atoms with van der Waals surface area (Å²) >= 11 is 0. The normalized spacial score (nSPS) is 19.6. The van der Waals surface area contributed by atoms with Crippen LogP contribution in [0.25, 0.3) is 5.82 Å². The summed E-state index contributed by atoms with van der Waals surface area (Å²) in [6.07, 6.45) is 4.82. The van der Waals surface area contributed by atoms with Gasteiger partial charge < -0.3 is 19.1 Å². The quantitative estimate of drug-likeness (QED) is 0.643. The number of hydrogen-bond donors (Lipinski definition) is 0. The van der Waals surface area contributed by atoms with Crippen LogP contribution in [0.2, 0.25) is 0 Å². The van der Waals surface area contributed by atoms with E-state index in [4.69, 9.17) is 9.72 Å². The van der Waals surface area contributed by atoms with Gasteiger partial charge in [-0.3, -0.25) is 4.79 Å². The van der Waals surface area contributed by atoms with Crippen LogP contribution in [0.3, 0.4) is 0 Å². The van der Waals surface area contributed by atoms with Crippen molar-refractivity contribution < 1.29 is 9.53 Å². The molecule has 4 heterocycles. The minimum absolute atomic E-state index is 0.0513. The molecule has 1 fully saturated rings. The largest absolute Gasteiger partial charge is 0.497 e. The van der Waals surface area contributed by atoms with Crippen molar-refractivity contribution in [2.75, 3.05) is 31.6 Å². The number of pyridine rings is 1. The van der Waals surface area contributed by atoms with Crippen LogP contribution in [0.4, 0.5) is 5.69 Å². The molecule has 6 heteroatoms. The monoisotopic (exact) mass is 416 g/mol. The first-order valence-electron chi connectivity index (χ1n) is 10.9. The van der Waals surface area contributed by atoms with Gasteiger partial charge in [0.25, 0.3) is 5.91 Å². The summed E-state index contributed by atoms with van der Waals surface area (Å²) in [4.78, 5) is 22.6. The highest BCUT2D eigenvalue weighted by Crippen LogP contribution is 2.47. The summed E-state index contributed by atoms with van der Waals surface area (Å²) in [5, 5.41) is 0. The van der Waals surface area contributed by atoms with E-state index in [1.807, 2.05) is 41.4 Å². The highest BCUT2D eigenvalue weighted by molar-refractivity contribution is 5.95. The van der Waals surface area contributed by atoms with E-state index in [2.05, 4.69) is 47.7 Å². The van der Waals surface area contributed by atoms with Gasteiger partial charge in [-0.15, -0.1) is 0 Å². The number of likely N-dealkylation sites (tertiary alicyclic amines) is 1. The molecular weight excluding hydrogens is 388 g/mol. The van der Waals surface area contributed by atoms with Crippen LogP contribution in [-0.4, -0.2) is 47.1 Å². The van der Waals surface area contributed by atoms with Crippen molar-refractivity contribution >= 4 is 11.6 Å². The Morgan fingerprint density at radius 1 is 1.19 bits per heavy atom. The van der Waals surface area contributed by atoms with Crippen molar-refractivity contribution in [1.82, 2.24) is 14.5 Å². The second-order valence-electron chi connectivity index (χ2n) is 8.85. The van der Waals surface area contributed by atoms with Crippen molar-refractivity contribution in [3.63, 3.8) is 0 Å². The summed E-state index contributed by atoms with van der Waals surface area (Å²) in [7, 11) is 1.62. The molecule has 2 aliphatic heterocycles. The van der Waals surface area contributed by atoms with E-state index in [9.17, 15) is 4.79 Å². The number of methoxy groups -OCH3 is 1. The highest BCUT2D eigenvalue weighted by atomic mass is 16.5. The first-order chi connectivity index (χ1) is 15.0. The molecule has 1 aromatic carbocycles. The second-order valence-corrected chi connectivity index (χ2v) is 8.85. The summed E-state index contributed by atoms with van der Waals surface area (Å²) in [6.45, 7) is 6.75. The van der Waals surface area contributed by atoms with Crippen LogP contribution >= 0.6 is 0 Å². The molecule has 0 aliphatic carbocycles. The molecule has 5 rings (SSSR count). The summed E-state index contributed by atoms with van der Waals surface area (Å²) in [5.41, 5.74) is 2.74. The van der Waals surface area contributed by atoms with E-state index < -0.39 is 0 Å². The minimum atomic E-state index is -0.266. The summed E-state index contributed by atoms with van der Waals surface area (Å²) < 4.78 is 7.52. The van der Waals surface area contributed by atoms with Crippen LogP contribution in [0, 0.1) is 5.92 Å². The summed E-state index contributed by atoms with van der Waals surface area (Å²) in [6, 6.07) is 15.9. The Labute approximate surface area is 183 Å². The van der Waals surface area contributed by atoms with Gasteiger partial charge in [0.05, 0.1) is 18.5 Å². The Kier molecular flexibility index (Phi) is 4.73. The van der Waals surface area contributed by atoms with Gasteiger partial charge in [0.1, 0.15) is 11.3 Å². The molecule has 0 radical (unpaired) electrons. The van der Waals surface area contributed by atoms with Crippen LogP contribution in [0.5, 0.6) is 5.75 Å². The van der Waals surface area contributed by atoms with Crippen molar-refractivity contribution in [2.24, 2.45) is 5.92 Å². The zero-order valence-electron chi connectivity index (χ0n) is 18.3. The third-order valence-electron chi connectivity index (χ3n) is 6.43. The smallest absolute Gasteiger partial charge is 0.254 e. The molecule has 1 saturated heterocycles. The first kappa shape index (κ1) is 19.7. The average molecular weight is 417 g/mol. The Morgan fingerprint density at radius 3 is 2.87 bits per heavy atom. The average Bonchev–Trinajstić information content (AvgIpc) is 3.45. The predicted octanol–water partition coefficient (Wildman–Crippen LogP) is 4.10. The number of rotatable bonds is 4. The third kappa shape index (κ3) is 3.09. The van der Waals surface area contributed by atoms with E-state index in [1.165, 1.54) is 5.69 Å². The zero-order chi connectivity index (χ0) is 21.6. The molecule has 0 saturated carbocycles. The Bertz CT molecular complexity index is 1120. The van der Waals surface area contributed by atoms with E-state index >= 15 is 0 Å². The molecule has 0 unspecified atom stereocenters. The number of carbonyl (C=O) groups is 1. The first-order valence-corrected chi connectivity index (χ1v) is 10.9. The molecule has 6 nitrogen and oxygen atoms in total. The standard InChI is InChI=1S/C25H28N4O2/c1-18(2)16-29-21-9-5-12-26-23(21)28-13-6-10-22(28)25(29)11-14-27(17-25)24(30)19-7-4-8-20(15-19)31-3/h4-10,12-13,15,18H,11,14,16-17H2,1-3H3/t25-/m0/s1. The van der Waals surface area contributed by atoms with Crippen LogP contribution < -0.4 is 9.64 Å². The second kappa shape index (κ2) is 7.45. The van der Waals surface area contributed by atoms with E-state index in [0.717, 1.165) is 24.5 Å². The molecule has 1 amide bonds. The van der Waals surface area contributed by atoms with Crippen molar-refractivity contribution in [3.05, 3.63) is 72.2 Å². The molecule has 1 spiro atoms. The number of fused-ring (bicyclic) bond motifs is 4. The Balaban J connectivity index is 1.56. The lowest BCUT2D eigenvalue weighted by atomic mass is 9.88. The number of benzene rings is 1. The zero-order valence-corrected chi connectivity index (χ0v) is 18.3. The van der Waals surface area contributed by atoms with Gasteiger partial charge in [-0.05, 0) is 54.8 Å². The molecule has 0 bridgehead atoms. The summed E-state index contributed by atoms with van der Waals surface area (Å²) in [5.74, 6) is 2.20. The molecule has 1 atom stereocenters. The van der Waals surface area contributed by atoms with Crippen molar-refractivity contribution in [3.8, 4) is 11.6 Å². The molecule has 2 aliphatic rings.